The van der Waals surface area contributed by atoms with E-state index in [1.807, 2.05) is 68.4 Å². The van der Waals surface area contributed by atoms with Gasteiger partial charge in [-0.3, -0.25) is 24.0 Å². The molecule has 326 valence electrons. The van der Waals surface area contributed by atoms with Crippen molar-refractivity contribution in [3.05, 3.63) is 71.9 Å². The van der Waals surface area contributed by atoms with Gasteiger partial charge in [-0.25, -0.2) is 9.59 Å². The second-order valence-corrected chi connectivity index (χ2v) is 16.5. The first kappa shape index (κ1) is 46.8. The van der Waals surface area contributed by atoms with Gasteiger partial charge < -0.3 is 47.3 Å². The minimum atomic E-state index is -1.22. The Morgan fingerprint density at radius 3 is 2.03 bits per heavy atom. The highest BCUT2D eigenvalue weighted by molar-refractivity contribution is 5.97. The molecule has 3 aromatic rings. The van der Waals surface area contributed by atoms with Crippen LogP contribution in [0.1, 0.15) is 84.8 Å². The Kier molecular flexibility index (Phi) is 17.5. The molecule has 2 heterocycles. The minimum absolute atomic E-state index is 0.0703. The topological polar surface area (TPSA) is 240 Å². The monoisotopic (exact) mass is 830 g/mol. The summed E-state index contributed by atoms with van der Waals surface area (Å²) in [5.41, 5.74) is 2.40. The molecule has 0 bridgehead atoms. The highest BCUT2D eigenvalue weighted by atomic mass is 16.4. The fraction of sp³-hybridized carbons (Fsp3) is 0.523. The number of rotatable bonds is 12. The standard InChI is InChI=1S/C44H62N8O8/c1-7-27(6)37(43(58)59)52-44(60)50-32-19-13-14-20-45-38(53)34(22-28-15-9-8-10-16-28)47-41(56)35(23-29-24-46-31-18-12-11-17-30(29)31)48-40(55)33(21-25(2)3)49-42(57)36(26(4)5)51-39(32)54/h8-12,15-18,24-27,32-37,46H,7,13-14,19-23H2,1-6H3,(H,45,53)(H,47,56)(H,48,55)(H,49,57)(H,51,54)(H,58,59)(H2,50,52,60)/t27?,32?,33-,34-,35-,36-,37-/m0/s1. The van der Waals surface area contributed by atoms with Crippen LogP contribution in [0.5, 0.6) is 0 Å². The molecule has 1 saturated heterocycles. The molecule has 16 heteroatoms. The number of carboxylic acid groups (broad SMARTS) is 1. The Bertz CT molecular complexity index is 1950. The summed E-state index contributed by atoms with van der Waals surface area (Å²) < 4.78 is 0. The zero-order valence-corrected chi connectivity index (χ0v) is 35.4. The van der Waals surface area contributed by atoms with E-state index in [2.05, 4.69) is 42.2 Å². The maximum atomic E-state index is 14.3. The van der Waals surface area contributed by atoms with Crippen molar-refractivity contribution in [1.29, 1.82) is 0 Å². The van der Waals surface area contributed by atoms with Crippen LogP contribution < -0.4 is 37.2 Å². The molecule has 60 heavy (non-hydrogen) atoms. The van der Waals surface area contributed by atoms with Gasteiger partial charge in [0.1, 0.15) is 36.3 Å². The zero-order chi connectivity index (χ0) is 43.9. The molecular weight excluding hydrogens is 769 g/mol. The summed E-state index contributed by atoms with van der Waals surface area (Å²) in [4.78, 5) is 98.7. The summed E-state index contributed by atoms with van der Waals surface area (Å²) in [5.74, 6) is -5.15. The number of aliphatic carboxylic acids is 1. The van der Waals surface area contributed by atoms with Gasteiger partial charge in [-0.15, -0.1) is 0 Å². The normalized spacial score (nSPS) is 22.5. The molecule has 0 aliphatic carbocycles. The average molecular weight is 831 g/mol. The molecule has 2 unspecified atom stereocenters. The third-order valence-electron chi connectivity index (χ3n) is 10.8. The van der Waals surface area contributed by atoms with Crippen LogP contribution in [0.3, 0.4) is 0 Å². The van der Waals surface area contributed by atoms with Crippen LogP contribution in [0.15, 0.2) is 60.8 Å². The number of fused-ring (bicyclic) bond motifs is 1. The molecule has 1 fully saturated rings. The fourth-order valence-electron chi connectivity index (χ4n) is 7.19. The number of carbonyl (C=O) groups is 7. The fourth-order valence-corrected chi connectivity index (χ4v) is 7.19. The molecule has 9 N–H and O–H groups in total. The highest BCUT2D eigenvalue weighted by Crippen LogP contribution is 2.20. The van der Waals surface area contributed by atoms with Crippen molar-refractivity contribution >= 4 is 52.4 Å². The van der Waals surface area contributed by atoms with E-state index in [-0.39, 0.29) is 38.1 Å². The van der Waals surface area contributed by atoms with Crippen LogP contribution >= 0.6 is 0 Å². The summed E-state index contributed by atoms with van der Waals surface area (Å²) in [5, 5.41) is 29.9. The van der Waals surface area contributed by atoms with Crippen LogP contribution in [0.25, 0.3) is 10.9 Å². The number of para-hydroxylation sites is 1. The van der Waals surface area contributed by atoms with Crippen molar-refractivity contribution in [2.24, 2.45) is 17.8 Å². The number of carboxylic acids is 1. The maximum Gasteiger partial charge on any atom is 0.326 e. The number of hydrogen-bond acceptors (Lipinski definition) is 7. The van der Waals surface area contributed by atoms with Gasteiger partial charge >= 0.3 is 12.0 Å². The number of urea groups is 1. The predicted molar refractivity (Wildman–Crippen MR) is 227 cm³/mol. The van der Waals surface area contributed by atoms with Crippen molar-refractivity contribution in [3.63, 3.8) is 0 Å². The first-order valence-corrected chi connectivity index (χ1v) is 21.0. The van der Waals surface area contributed by atoms with E-state index in [0.29, 0.717) is 19.3 Å². The molecule has 4 rings (SSSR count). The number of hydrogen-bond donors (Lipinski definition) is 9. The summed E-state index contributed by atoms with van der Waals surface area (Å²) in [6.45, 7) is 10.9. The van der Waals surface area contributed by atoms with Crippen molar-refractivity contribution in [2.45, 2.75) is 123 Å². The third-order valence-corrected chi connectivity index (χ3v) is 10.8. The Morgan fingerprint density at radius 1 is 0.750 bits per heavy atom. The van der Waals surface area contributed by atoms with E-state index in [9.17, 15) is 38.7 Å². The van der Waals surface area contributed by atoms with Crippen LogP contribution in [-0.4, -0.2) is 94.4 Å². The van der Waals surface area contributed by atoms with Gasteiger partial charge in [0, 0.05) is 36.5 Å². The Hall–Kier alpha value is -5.93. The molecule has 7 amide bonds. The summed E-state index contributed by atoms with van der Waals surface area (Å²) in [6, 6.07) is 9.07. The lowest BCUT2D eigenvalue weighted by molar-refractivity contribution is -0.140. The number of aromatic nitrogens is 1. The van der Waals surface area contributed by atoms with E-state index in [0.717, 1.165) is 22.0 Å². The Labute approximate surface area is 351 Å². The largest absolute Gasteiger partial charge is 0.480 e. The zero-order valence-electron chi connectivity index (χ0n) is 35.4. The van der Waals surface area contributed by atoms with Gasteiger partial charge in [0.2, 0.25) is 29.5 Å². The lowest BCUT2D eigenvalue weighted by Gasteiger charge is -2.29. The van der Waals surface area contributed by atoms with Crippen molar-refractivity contribution < 1.29 is 38.7 Å². The Morgan fingerprint density at radius 2 is 1.38 bits per heavy atom. The lowest BCUT2D eigenvalue weighted by atomic mass is 9.98. The SMILES string of the molecule is CCC(C)[C@H](NC(=O)NC1CCCCNC(=O)[C@H](Cc2ccccc2)NC(=O)[C@H](Cc2c[nH]c3ccccc23)NC(=O)[C@H](CC(C)C)NC(=O)[C@H](C(C)C)NC1=O)C(=O)O. The van der Waals surface area contributed by atoms with E-state index in [1.165, 1.54) is 0 Å². The van der Waals surface area contributed by atoms with Crippen LogP contribution in [0, 0.1) is 17.8 Å². The number of aromatic amines is 1. The number of benzene rings is 2. The lowest BCUT2D eigenvalue weighted by Crippen LogP contribution is -2.61. The second kappa shape index (κ2) is 22.4. The molecule has 7 atom stereocenters. The molecule has 2 aromatic carbocycles. The van der Waals surface area contributed by atoms with E-state index in [1.54, 1.807) is 33.9 Å². The first-order chi connectivity index (χ1) is 28.6. The summed E-state index contributed by atoms with van der Waals surface area (Å²) in [6.07, 6.45) is 3.47. The maximum absolute atomic E-state index is 14.3. The van der Waals surface area contributed by atoms with E-state index >= 15 is 0 Å². The van der Waals surface area contributed by atoms with Gasteiger partial charge in [-0.05, 0) is 60.6 Å². The summed E-state index contributed by atoms with van der Waals surface area (Å²) >= 11 is 0. The number of H-pyrrole nitrogens is 1. The molecular formula is C44H62N8O8. The van der Waals surface area contributed by atoms with Gasteiger partial charge in [0.15, 0.2) is 0 Å². The highest BCUT2D eigenvalue weighted by Gasteiger charge is 2.35. The average Bonchev–Trinajstić information content (AvgIpc) is 3.62. The van der Waals surface area contributed by atoms with Crippen LogP contribution in [-0.2, 0) is 41.6 Å². The van der Waals surface area contributed by atoms with E-state index < -0.39 is 89.6 Å². The molecule has 16 nitrogen and oxygen atoms in total. The predicted octanol–water partition coefficient (Wildman–Crippen LogP) is 3.06. The van der Waals surface area contributed by atoms with Crippen molar-refractivity contribution in [2.75, 3.05) is 6.54 Å². The molecule has 1 aromatic heterocycles. The molecule has 1 aliphatic heterocycles. The summed E-state index contributed by atoms with van der Waals surface area (Å²) in [7, 11) is 0. The second-order valence-electron chi connectivity index (χ2n) is 16.5. The molecule has 1 aliphatic rings. The quantitative estimate of drug-likeness (QED) is 0.131. The van der Waals surface area contributed by atoms with Gasteiger partial charge in [-0.2, -0.15) is 0 Å². The van der Waals surface area contributed by atoms with E-state index in [4.69, 9.17) is 0 Å². The van der Waals surface area contributed by atoms with Crippen LogP contribution in [0.4, 0.5) is 4.79 Å². The minimum Gasteiger partial charge on any atom is -0.480 e. The number of amides is 7. The van der Waals surface area contributed by atoms with Gasteiger partial charge in [0.25, 0.3) is 0 Å². The molecule has 0 spiro atoms. The van der Waals surface area contributed by atoms with Crippen molar-refractivity contribution in [3.8, 4) is 0 Å². The Balaban J connectivity index is 1.69. The smallest absolute Gasteiger partial charge is 0.326 e. The van der Waals surface area contributed by atoms with Gasteiger partial charge in [0.05, 0.1) is 0 Å². The number of nitrogens with one attached hydrogen (secondary N) is 8. The number of carbonyl (C=O) groups excluding carboxylic acids is 6. The van der Waals surface area contributed by atoms with Crippen molar-refractivity contribution in [1.82, 2.24) is 42.2 Å². The first-order valence-electron chi connectivity index (χ1n) is 21.0. The molecule has 0 saturated carbocycles. The van der Waals surface area contributed by atoms with Crippen LogP contribution in [0.2, 0.25) is 0 Å². The third kappa shape index (κ3) is 13.6. The van der Waals surface area contributed by atoms with Gasteiger partial charge in [-0.1, -0.05) is 96.5 Å². The molecule has 0 radical (unpaired) electrons.